The summed E-state index contributed by atoms with van der Waals surface area (Å²) in [5.41, 5.74) is 0.0839. The molecule has 0 radical (unpaired) electrons. The highest BCUT2D eigenvalue weighted by molar-refractivity contribution is 6.21. The molecule has 0 aromatic heterocycles. The minimum absolute atomic E-state index is 0.423. The standard InChI is InChI=1S/C5H5ClN2O/c6-5-7-1-4(3-9)2-8-5/h1-3,5,7H. The summed E-state index contributed by atoms with van der Waals surface area (Å²) in [4.78, 5) is 13.7. The maximum atomic E-state index is 10.0. The van der Waals surface area contributed by atoms with Crippen LogP contribution in [-0.2, 0) is 4.79 Å². The molecule has 1 N–H and O–H groups in total. The summed E-state index contributed by atoms with van der Waals surface area (Å²) in [5, 5.41) is 2.66. The molecule has 4 heteroatoms. The Kier molecular flexibility index (Phi) is 1.85. The van der Waals surface area contributed by atoms with Crippen molar-refractivity contribution in [2.45, 2.75) is 5.62 Å². The summed E-state index contributed by atoms with van der Waals surface area (Å²) >= 11 is 5.47. The van der Waals surface area contributed by atoms with Gasteiger partial charge >= 0.3 is 0 Å². The van der Waals surface area contributed by atoms with E-state index < -0.39 is 5.62 Å². The average molecular weight is 145 g/mol. The maximum Gasteiger partial charge on any atom is 0.194 e. The third-order valence-corrected chi connectivity index (χ3v) is 1.12. The van der Waals surface area contributed by atoms with Gasteiger partial charge in [-0.15, -0.1) is 0 Å². The Morgan fingerprint density at radius 3 is 3.11 bits per heavy atom. The predicted octanol–water partition coefficient (Wildman–Crippen LogP) is 0.266. The molecule has 1 atom stereocenters. The van der Waals surface area contributed by atoms with Crippen LogP contribution in [-0.4, -0.2) is 18.1 Å². The summed E-state index contributed by atoms with van der Waals surface area (Å²) in [6, 6.07) is 0. The zero-order valence-electron chi connectivity index (χ0n) is 4.54. The first-order chi connectivity index (χ1) is 4.33. The number of nitrogens with one attached hydrogen (secondary N) is 1. The molecule has 0 aromatic carbocycles. The molecule has 1 aliphatic heterocycles. The number of carbonyl (C=O) groups excluding carboxylic acids is 1. The molecule has 0 amide bonds. The van der Waals surface area contributed by atoms with Gasteiger partial charge < -0.3 is 5.32 Å². The van der Waals surface area contributed by atoms with Gasteiger partial charge in [0.15, 0.2) is 11.9 Å². The van der Waals surface area contributed by atoms with E-state index in [4.69, 9.17) is 11.6 Å². The number of aliphatic imine (C=N–C) groups is 1. The first kappa shape index (κ1) is 6.29. The van der Waals surface area contributed by atoms with E-state index in [2.05, 4.69) is 10.3 Å². The van der Waals surface area contributed by atoms with Crippen molar-refractivity contribution in [2.75, 3.05) is 0 Å². The van der Waals surface area contributed by atoms with Crippen LogP contribution >= 0.6 is 11.6 Å². The summed E-state index contributed by atoms with van der Waals surface area (Å²) in [5.74, 6) is 0. The Balaban J connectivity index is 2.62. The number of carbonyl (C=O) groups is 1. The monoisotopic (exact) mass is 144 g/mol. The molecule has 0 aromatic rings. The normalized spacial score (nSPS) is 24.6. The van der Waals surface area contributed by atoms with Crippen molar-refractivity contribution in [2.24, 2.45) is 4.99 Å². The largest absolute Gasteiger partial charge is 0.357 e. The molecule has 0 bridgehead atoms. The van der Waals surface area contributed by atoms with Gasteiger partial charge in [-0.1, -0.05) is 11.6 Å². The van der Waals surface area contributed by atoms with Gasteiger partial charge in [0.2, 0.25) is 0 Å². The van der Waals surface area contributed by atoms with Gasteiger partial charge in [-0.3, -0.25) is 9.79 Å². The van der Waals surface area contributed by atoms with Crippen LogP contribution in [0.25, 0.3) is 0 Å². The Morgan fingerprint density at radius 1 is 1.89 bits per heavy atom. The van der Waals surface area contributed by atoms with E-state index >= 15 is 0 Å². The van der Waals surface area contributed by atoms with Crippen LogP contribution in [0.5, 0.6) is 0 Å². The van der Waals surface area contributed by atoms with Crippen molar-refractivity contribution in [3.05, 3.63) is 11.8 Å². The SMILES string of the molecule is O=CC1=CNC(Cl)N=C1. The molecule has 1 rings (SSSR count). The fourth-order valence-electron chi connectivity index (χ4n) is 0.461. The van der Waals surface area contributed by atoms with Crippen LogP contribution < -0.4 is 5.32 Å². The lowest BCUT2D eigenvalue weighted by Crippen LogP contribution is -2.20. The molecule has 1 unspecified atom stereocenters. The molecule has 0 saturated carbocycles. The quantitative estimate of drug-likeness (QED) is 0.326. The number of aldehydes is 1. The van der Waals surface area contributed by atoms with Crippen LogP contribution in [0.15, 0.2) is 16.8 Å². The van der Waals surface area contributed by atoms with Crippen molar-refractivity contribution in [3.63, 3.8) is 0 Å². The van der Waals surface area contributed by atoms with E-state index in [0.29, 0.717) is 11.9 Å². The highest BCUT2D eigenvalue weighted by Crippen LogP contribution is 1.98. The summed E-state index contributed by atoms with van der Waals surface area (Å²) < 4.78 is 0. The number of allylic oxidation sites excluding steroid dienone is 1. The van der Waals surface area contributed by atoms with Crippen molar-refractivity contribution < 1.29 is 4.79 Å². The second kappa shape index (κ2) is 2.64. The maximum absolute atomic E-state index is 10.0. The molecule has 0 fully saturated rings. The van der Waals surface area contributed by atoms with Crippen LogP contribution in [0.2, 0.25) is 0 Å². The van der Waals surface area contributed by atoms with Gasteiger partial charge in [-0.25, -0.2) is 0 Å². The summed E-state index contributed by atoms with van der Waals surface area (Å²) in [6.07, 6.45) is 3.66. The molecule has 3 nitrogen and oxygen atoms in total. The number of nitrogens with zero attached hydrogens (tertiary/aromatic N) is 1. The first-order valence-corrected chi connectivity index (χ1v) is 2.85. The van der Waals surface area contributed by atoms with Crippen molar-refractivity contribution in [3.8, 4) is 0 Å². The van der Waals surface area contributed by atoms with E-state index in [9.17, 15) is 4.79 Å². The fourth-order valence-corrected chi connectivity index (χ4v) is 0.581. The van der Waals surface area contributed by atoms with E-state index in [1.165, 1.54) is 12.4 Å². The minimum atomic E-state index is -0.423. The number of hydrogen-bond donors (Lipinski definition) is 1. The Labute approximate surface area is 57.4 Å². The van der Waals surface area contributed by atoms with Crippen molar-refractivity contribution in [1.82, 2.24) is 5.32 Å². The van der Waals surface area contributed by atoms with Gasteiger partial charge in [0.1, 0.15) is 0 Å². The van der Waals surface area contributed by atoms with Crippen molar-refractivity contribution >= 4 is 24.1 Å². The van der Waals surface area contributed by atoms with Crippen LogP contribution in [0.1, 0.15) is 0 Å². The summed E-state index contributed by atoms with van der Waals surface area (Å²) in [7, 11) is 0. The third kappa shape index (κ3) is 1.54. The molecule has 1 heterocycles. The Morgan fingerprint density at radius 2 is 2.67 bits per heavy atom. The highest BCUT2D eigenvalue weighted by atomic mass is 35.5. The summed E-state index contributed by atoms with van der Waals surface area (Å²) in [6.45, 7) is 0. The fraction of sp³-hybridized carbons (Fsp3) is 0.200. The van der Waals surface area contributed by atoms with Gasteiger partial charge in [0, 0.05) is 18.0 Å². The van der Waals surface area contributed by atoms with E-state index in [0.717, 1.165) is 0 Å². The Bertz CT molecular complexity index is 176. The van der Waals surface area contributed by atoms with Crippen LogP contribution in [0.3, 0.4) is 0 Å². The highest BCUT2D eigenvalue weighted by Gasteiger charge is 2.01. The lowest BCUT2D eigenvalue weighted by molar-refractivity contribution is -0.104. The van der Waals surface area contributed by atoms with Crippen LogP contribution in [0.4, 0.5) is 0 Å². The predicted molar refractivity (Wildman–Crippen MR) is 35.4 cm³/mol. The second-order valence-electron chi connectivity index (χ2n) is 1.54. The minimum Gasteiger partial charge on any atom is -0.357 e. The first-order valence-electron chi connectivity index (χ1n) is 2.41. The molecular formula is C5H5ClN2O. The average Bonchev–Trinajstić information content (AvgIpc) is 1.90. The lowest BCUT2D eigenvalue weighted by Gasteiger charge is -2.07. The number of alkyl halides is 1. The second-order valence-corrected chi connectivity index (χ2v) is 1.96. The molecule has 0 saturated heterocycles. The molecule has 1 aliphatic rings. The number of hydrogen-bond acceptors (Lipinski definition) is 3. The van der Waals surface area contributed by atoms with E-state index in [1.807, 2.05) is 0 Å². The molecule has 0 spiro atoms. The van der Waals surface area contributed by atoms with Crippen LogP contribution in [0, 0.1) is 0 Å². The molecule has 48 valence electrons. The molecular weight excluding hydrogens is 140 g/mol. The lowest BCUT2D eigenvalue weighted by atomic mass is 10.3. The van der Waals surface area contributed by atoms with Gasteiger partial charge in [0.05, 0.1) is 0 Å². The van der Waals surface area contributed by atoms with Gasteiger partial charge in [-0.2, -0.15) is 0 Å². The van der Waals surface area contributed by atoms with Crippen molar-refractivity contribution in [1.29, 1.82) is 0 Å². The zero-order chi connectivity index (χ0) is 6.69. The van der Waals surface area contributed by atoms with E-state index in [1.54, 1.807) is 0 Å². The zero-order valence-corrected chi connectivity index (χ0v) is 5.30. The Hall–Kier alpha value is -0.830. The topological polar surface area (TPSA) is 41.5 Å². The third-order valence-electron chi connectivity index (χ3n) is 0.878. The molecule has 0 aliphatic carbocycles. The van der Waals surface area contributed by atoms with E-state index in [-0.39, 0.29) is 0 Å². The molecule has 9 heavy (non-hydrogen) atoms. The van der Waals surface area contributed by atoms with Gasteiger partial charge in [0.25, 0.3) is 0 Å². The number of rotatable bonds is 1. The van der Waals surface area contributed by atoms with Gasteiger partial charge in [-0.05, 0) is 0 Å². The smallest absolute Gasteiger partial charge is 0.194 e. The number of halogens is 1.